The molecule has 0 bridgehead atoms. The van der Waals surface area contributed by atoms with Gasteiger partial charge >= 0.3 is 11.9 Å². The number of carbonyl (C=O) groups is 3. The molecule has 19 nitrogen and oxygen atoms in total. The second-order valence-electron chi connectivity index (χ2n) is 19.8. The van der Waals surface area contributed by atoms with E-state index in [9.17, 15) is 58.4 Å². The van der Waals surface area contributed by atoms with Gasteiger partial charge in [0.1, 0.15) is 39.0 Å². The quantitative estimate of drug-likeness (QED) is 0.0413. The number of aliphatic hydroxyl groups excluding tert-OH is 1. The number of likely N-dealkylation sites (N-methyl/N-ethyl adjacent to an activating group) is 2. The second-order valence-corrected chi connectivity index (χ2v) is 24.3. The molecule has 0 rings (SSSR count). The highest BCUT2D eigenvalue weighted by Gasteiger charge is 2.30. The SMILES string of the molecule is C.C.C.C.C.C.CCC(C)(C)C(=O)NCCC[N+](C)(C)CCCS(=O)(=O)[O-].CCC(C)(C)C(=O)OCC[N+](C)(C)CC(O)CS(=O)(=O)[O-].CCC(C)(C)C(=O)OCC[N+](C)(C)CCCS(=O)(=O)[O-]. The van der Waals surface area contributed by atoms with Crippen LogP contribution in [-0.4, -0.2) is 200 Å². The van der Waals surface area contributed by atoms with Crippen LogP contribution in [0, 0.1) is 16.2 Å². The first-order valence-corrected chi connectivity index (χ1v) is 25.9. The third-order valence-electron chi connectivity index (χ3n) is 10.9. The molecule has 0 fully saturated rings. The van der Waals surface area contributed by atoms with Gasteiger partial charge < -0.3 is 47.0 Å². The topological polar surface area (TPSA) is 274 Å². The zero-order valence-corrected chi connectivity index (χ0v) is 43.0. The van der Waals surface area contributed by atoms with Gasteiger partial charge in [-0.15, -0.1) is 0 Å². The summed E-state index contributed by atoms with van der Waals surface area (Å²) in [6.07, 6.45) is 2.45. The first-order chi connectivity index (χ1) is 27.6. The number of esters is 2. The summed E-state index contributed by atoms with van der Waals surface area (Å²) in [5, 5.41) is 12.5. The Morgan fingerprint density at radius 3 is 1.15 bits per heavy atom. The van der Waals surface area contributed by atoms with Gasteiger partial charge in [-0.2, -0.15) is 0 Å². The Labute approximate surface area is 419 Å². The van der Waals surface area contributed by atoms with Crippen LogP contribution in [-0.2, 0) is 54.2 Å². The molecule has 0 radical (unpaired) electrons. The van der Waals surface area contributed by atoms with Gasteiger partial charge in [0, 0.05) is 42.7 Å². The summed E-state index contributed by atoms with van der Waals surface area (Å²) in [7, 11) is -1.37. The summed E-state index contributed by atoms with van der Waals surface area (Å²) in [5.74, 6) is -1.91. The molecule has 0 saturated heterocycles. The molecule has 2 N–H and O–H groups in total. The van der Waals surface area contributed by atoms with E-state index in [0.717, 1.165) is 19.4 Å². The third-order valence-corrected chi connectivity index (χ3v) is 13.2. The Hall–Kier alpha value is -2.02. The van der Waals surface area contributed by atoms with Gasteiger partial charge in [-0.25, -0.2) is 25.3 Å². The van der Waals surface area contributed by atoms with Crippen molar-refractivity contribution in [3.05, 3.63) is 0 Å². The molecule has 0 aromatic heterocycles. The number of carbonyl (C=O) groups excluding carboxylic acids is 3. The first-order valence-electron chi connectivity index (χ1n) is 21.2. The lowest BCUT2D eigenvalue weighted by atomic mass is 9.89. The summed E-state index contributed by atoms with van der Waals surface area (Å²) in [4.78, 5) is 35.5. The van der Waals surface area contributed by atoms with Crippen molar-refractivity contribution in [1.82, 2.24) is 5.32 Å². The average Bonchev–Trinajstić information content (AvgIpc) is 3.07. The molecule has 0 aromatic rings. The van der Waals surface area contributed by atoms with Crippen molar-refractivity contribution in [2.75, 3.05) is 119 Å². The standard InChI is InChI=1S/C14H30N2O4S.C13H27NO6S.C13H27NO5S.6CH4/c1-6-14(2,3)13(17)15-9-7-10-16(4,5)11-8-12-21(18,19)20;1-6-13(2,3)12(16)20-8-7-14(4,5)9-11(15)10-21(17,18)19;1-6-13(2,3)12(15)19-10-9-14(4,5)8-7-11-20(16,17)18;;;;;;/h6-12H2,1-5H3,(H-,15,17,18,19,20);11,15H,6-10H2,1-5H3;6-11H2,1-5H3;6*1H4. The zero-order valence-electron chi connectivity index (χ0n) is 40.5. The number of nitrogens with zero attached hydrogens (tertiary/aromatic N) is 3. The van der Waals surface area contributed by atoms with Crippen molar-refractivity contribution in [3.63, 3.8) is 0 Å². The largest absolute Gasteiger partial charge is 0.748 e. The fourth-order valence-electron chi connectivity index (χ4n) is 5.07. The minimum absolute atomic E-state index is 0. The van der Waals surface area contributed by atoms with Crippen molar-refractivity contribution in [2.24, 2.45) is 16.2 Å². The van der Waals surface area contributed by atoms with Gasteiger partial charge in [-0.3, -0.25) is 14.4 Å². The van der Waals surface area contributed by atoms with Crippen LogP contribution in [0.2, 0.25) is 0 Å². The van der Waals surface area contributed by atoms with Gasteiger partial charge in [-0.1, -0.05) is 79.2 Å². The summed E-state index contributed by atoms with van der Waals surface area (Å²) < 4.78 is 107. The van der Waals surface area contributed by atoms with Crippen molar-refractivity contribution in [1.29, 1.82) is 0 Å². The maximum absolute atomic E-state index is 11.9. The van der Waals surface area contributed by atoms with E-state index in [1.165, 1.54) is 0 Å². The summed E-state index contributed by atoms with van der Waals surface area (Å²) in [6, 6.07) is 0. The maximum Gasteiger partial charge on any atom is 0.311 e. The van der Waals surface area contributed by atoms with Crippen molar-refractivity contribution >= 4 is 48.2 Å². The highest BCUT2D eigenvalue weighted by atomic mass is 32.2. The van der Waals surface area contributed by atoms with E-state index >= 15 is 0 Å². The lowest BCUT2D eigenvalue weighted by Gasteiger charge is -2.32. The van der Waals surface area contributed by atoms with E-state index in [-0.39, 0.29) is 97.0 Å². The average molecular weight is 1050 g/mol. The number of aliphatic hydroxyl groups is 1. The Kier molecular flexibility index (Phi) is 46.5. The summed E-state index contributed by atoms with van der Waals surface area (Å²) in [6.45, 7) is 21.2. The lowest BCUT2D eigenvalue weighted by Crippen LogP contribution is -2.49. The van der Waals surface area contributed by atoms with Crippen molar-refractivity contribution in [3.8, 4) is 0 Å². The van der Waals surface area contributed by atoms with Crippen LogP contribution in [0.5, 0.6) is 0 Å². The number of rotatable bonds is 28. The van der Waals surface area contributed by atoms with Crippen LogP contribution in [0.3, 0.4) is 0 Å². The van der Waals surface area contributed by atoms with E-state index in [2.05, 4.69) is 5.32 Å². The molecule has 22 heteroatoms. The minimum atomic E-state index is -4.45. The number of nitrogens with one attached hydrogen (secondary N) is 1. The number of ether oxygens (including phenoxy) is 2. The highest BCUT2D eigenvalue weighted by Crippen LogP contribution is 2.22. The summed E-state index contributed by atoms with van der Waals surface area (Å²) >= 11 is 0. The number of amides is 1. The monoisotopic (exact) mass is 1050 g/mol. The molecule has 420 valence electrons. The van der Waals surface area contributed by atoms with E-state index in [1.807, 2.05) is 76.7 Å². The number of hydrogen-bond acceptors (Lipinski definition) is 15. The zero-order chi connectivity index (χ0) is 49.7. The molecule has 0 aliphatic rings. The number of quaternary nitrogens is 3. The van der Waals surface area contributed by atoms with Gasteiger partial charge in [0.25, 0.3) is 0 Å². The normalized spacial score (nSPS) is 12.6. The molecule has 0 aromatic carbocycles. The molecular formula is C46H108N4O15S3. The molecule has 0 spiro atoms. The maximum atomic E-state index is 11.9. The molecule has 0 aliphatic heterocycles. The Bertz CT molecular complexity index is 1680. The van der Waals surface area contributed by atoms with E-state index < -0.39 is 53.0 Å². The lowest BCUT2D eigenvalue weighted by molar-refractivity contribution is -0.893. The first kappa shape index (κ1) is 85.8. The van der Waals surface area contributed by atoms with Crippen LogP contribution in [0.4, 0.5) is 0 Å². The Morgan fingerprint density at radius 1 is 0.529 bits per heavy atom. The van der Waals surface area contributed by atoms with E-state index in [4.69, 9.17) is 9.47 Å². The minimum Gasteiger partial charge on any atom is -0.748 e. The molecule has 0 aliphatic carbocycles. The van der Waals surface area contributed by atoms with E-state index in [0.29, 0.717) is 74.0 Å². The Balaban J connectivity index is -0.000000105. The van der Waals surface area contributed by atoms with Gasteiger partial charge in [-0.05, 0) is 47.0 Å². The van der Waals surface area contributed by atoms with Crippen LogP contribution in [0.1, 0.15) is 145 Å². The second kappa shape index (κ2) is 36.8. The molecule has 1 amide bonds. The predicted octanol–water partition coefficient (Wildman–Crippen LogP) is 5.68. The molecule has 68 heavy (non-hydrogen) atoms. The third kappa shape index (κ3) is 47.6. The molecule has 1 unspecified atom stereocenters. The van der Waals surface area contributed by atoms with Crippen LogP contribution >= 0.6 is 0 Å². The van der Waals surface area contributed by atoms with Gasteiger partial charge in [0.05, 0.1) is 109 Å². The van der Waals surface area contributed by atoms with Crippen LogP contribution in [0.25, 0.3) is 0 Å². The predicted molar refractivity (Wildman–Crippen MR) is 277 cm³/mol. The van der Waals surface area contributed by atoms with Crippen molar-refractivity contribution in [2.45, 2.75) is 152 Å². The smallest absolute Gasteiger partial charge is 0.311 e. The fraction of sp³-hybridized carbons (Fsp3) is 0.935. The summed E-state index contributed by atoms with van der Waals surface area (Å²) in [5.41, 5.74) is -1.35. The highest BCUT2D eigenvalue weighted by molar-refractivity contribution is 7.86. The molecular weight excluding hydrogens is 945 g/mol. The van der Waals surface area contributed by atoms with Crippen LogP contribution < -0.4 is 5.32 Å². The van der Waals surface area contributed by atoms with Gasteiger partial charge in [0.15, 0.2) is 0 Å². The van der Waals surface area contributed by atoms with E-state index in [1.54, 1.807) is 27.9 Å². The van der Waals surface area contributed by atoms with Gasteiger partial charge in [0.2, 0.25) is 5.91 Å². The fourth-order valence-corrected chi connectivity index (χ4v) is 6.61. The van der Waals surface area contributed by atoms with Crippen molar-refractivity contribution < 1.29 is 81.3 Å². The Morgan fingerprint density at radius 2 is 0.838 bits per heavy atom. The van der Waals surface area contributed by atoms with Crippen LogP contribution in [0.15, 0.2) is 0 Å². The number of hydrogen-bond donors (Lipinski definition) is 2. The molecule has 1 atom stereocenters. The molecule has 0 heterocycles. The molecule has 0 saturated carbocycles.